The van der Waals surface area contributed by atoms with Crippen molar-refractivity contribution in [1.29, 1.82) is 0 Å². The minimum Gasteiger partial charge on any atom is -0.388 e. The third-order valence-corrected chi connectivity index (χ3v) is 2.70. The Hall–Kier alpha value is -1.49. The number of aromatic nitrogens is 2. The fourth-order valence-corrected chi connectivity index (χ4v) is 1.89. The SMILES string of the molecule is OCc1nc2cc(F)ccc2n1CCCCF. The van der Waals surface area contributed by atoms with Crippen molar-refractivity contribution in [3.63, 3.8) is 0 Å². The number of imidazole rings is 1. The van der Waals surface area contributed by atoms with E-state index in [1.165, 1.54) is 12.1 Å². The van der Waals surface area contributed by atoms with Gasteiger partial charge in [0.15, 0.2) is 0 Å². The molecule has 17 heavy (non-hydrogen) atoms. The summed E-state index contributed by atoms with van der Waals surface area (Å²) in [5.74, 6) is 0.139. The number of halogens is 2. The van der Waals surface area contributed by atoms with Crippen molar-refractivity contribution < 1.29 is 13.9 Å². The van der Waals surface area contributed by atoms with E-state index in [0.29, 0.717) is 30.7 Å². The highest BCUT2D eigenvalue weighted by atomic mass is 19.1. The Kier molecular flexibility index (Phi) is 3.68. The smallest absolute Gasteiger partial charge is 0.135 e. The summed E-state index contributed by atoms with van der Waals surface area (Å²) in [6.45, 7) is 0.0313. The zero-order chi connectivity index (χ0) is 12.3. The molecule has 2 rings (SSSR count). The van der Waals surface area contributed by atoms with Crippen LogP contribution in [-0.2, 0) is 13.2 Å². The van der Waals surface area contributed by atoms with Gasteiger partial charge in [-0.1, -0.05) is 0 Å². The number of aliphatic hydroxyl groups excluding tert-OH is 1. The van der Waals surface area contributed by atoms with Crippen molar-refractivity contribution >= 4 is 11.0 Å². The number of fused-ring (bicyclic) bond motifs is 1. The lowest BCUT2D eigenvalue weighted by Crippen LogP contribution is -2.04. The third-order valence-electron chi connectivity index (χ3n) is 2.70. The van der Waals surface area contributed by atoms with E-state index in [-0.39, 0.29) is 19.1 Å². The van der Waals surface area contributed by atoms with Gasteiger partial charge in [-0.25, -0.2) is 9.37 Å². The zero-order valence-corrected chi connectivity index (χ0v) is 9.37. The van der Waals surface area contributed by atoms with E-state index in [9.17, 15) is 13.9 Å². The first-order valence-electron chi connectivity index (χ1n) is 5.57. The predicted octanol–water partition coefficient (Wildman–Crippen LogP) is 2.42. The van der Waals surface area contributed by atoms with Crippen molar-refractivity contribution in [3.8, 4) is 0 Å². The lowest BCUT2D eigenvalue weighted by Gasteiger charge is -2.06. The molecular weight excluding hydrogens is 226 g/mol. The molecule has 0 aliphatic rings. The second kappa shape index (κ2) is 5.23. The number of rotatable bonds is 5. The molecule has 0 saturated heterocycles. The number of hydrogen-bond acceptors (Lipinski definition) is 2. The van der Waals surface area contributed by atoms with Crippen LogP contribution in [0.1, 0.15) is 18.7 Å². The first kappa shape index (κ1) is 12.0. The summed E-state index contributed by atoms with van der Waals surface area (Å²) in [6.07, 6.45) is 1.15. The number of nitrogens with zero attached hydrogens (tertiary/aromatic N) is 2. The van der Waals surface area contributed by atoms with Gasteiger partial charge in [0.05, 0.1) is 17.7 Å². The summed E-state index contributed by atoms with van der Waals surface area (Å²) in [5.41, 5.74) is 1.30. The number of unbranched alkanes of at least 4 members (excludes halogenated alkanes) is 1. The molecule has 0 fully saturated rings. The molecule has 0 saturated carbocycles. The molecule has 3 nitrogen and oxygen atoms in total. The van der Waals surface area contributed by atoms with Gasteiger partial charge in [0.25, 0.3) is 0 Å². The fraction of sp³-hybridized carbons (Fsp3) is 0.417. The number of aryl methyl sites for hydroxylation is 1. The average molecular weight is 240 g/mol. The van der Waals surface area contributed by atoms with Crippen molar-refractivity contribution in [2.75, 3.05) is 6.67 Å². The van der Waals surface area contributed by atoms with E-state index in [1.54, 1.807) is 6.07 Å². The van der Waals surface area contributed by atoms with E-state index in [4.69, 9.17) is 0 Å². The minimum absolute atomic E-state index is 0.202. The van der Waals surface area contributed by atoms with Crippen LogP contribution in [0.4, 0.5) is 8.78 Å². The van der Waals surface area contributed by atoms with Gasteiger partial charge in [-0.3, -0.25) is 4.39 Å². The molecule has 2 aromatic rings. The standard InChI is InChI=1S/C12H14F2N2O/c13-5-1-2-6-16-11-4-3-9(14)7-10(11)15-12(16)8-17/h3-4,7,17H,1-2,5-6,8H2. The van der Waals surface area contributed by atoms with Crippen molar-refractivity contribution in [3.05, 3.63) is 29.8 Å². The molecule has 0 spiro atoms. The monoisotopic (exact) mass is 240 g/mol. The molecule has 1 aromatic heterocycles. The minimum atomic E-state index is -0.351. The highest BCUT2D eigenvalue weighted by Gasteiger charge is 2.10. The lowest BCUT2D eigenvalue weighted by molar-refractivity contribution is 0.265. The summed E-state index contributed by atoms with van der Waals surface area (Å²) in [7, 11) is 0. The van der Waals surface area contributed by atoms with E-state index in [2.05, 4.69) is 4.98 Å². The van der Waals surface area contributed by atoms with Crippen LogP contribution in [-0.4, -0.2) is 21.3 Å². The normalized spacial score (nSPS) is 11.2. The summed E-state index contributed by atoms with van der Waals surface area (Å²) in [6, 6.07) is 4.32. The molecule has 0 aliphatic carbocycles. The quantitative estimate of drug-likeness (QED) is 0.815. The molecule has 1 N–H and O–H groups in total. The molecule has 0 aliphatic heterocycles. The van der Waals surface area contributed by atoms with E-state index in [1.807, 2.05) is 4.57 Å². The summed E-state index contributed by atoms with van der Waals surface area (Å²) < 4.78 is 26.9. The van der Waals surface area contributed by atoms with Crippen LogP contribution < -0.4 is 0 Å². The van der Waals surface area contributed by atoms with Crippen LogP contribution in [0.15, 0.2) is 18.2 Å². The molecular formula is C12H14F2N2O. The molecule has 92 valence electrons. The zero-order valence-electron chi connectivity index (χ0n) is 9.37. The summed E-state index contributed by atoms with van der Waals surface area (Å²) in [4.78, 5) is 4.15. The Labute approximate surface area is 97.7 Å². The first-order chi connectivity index (χ1) is 8.26. The first-order valence-corrected chi connectivity index (χ1v) is 5.57. The maximum Gasteiger partial charge on any atom is 0.135 e. The topological polar surface area (TPSA) is 38.1 Å². The summed E-state index contributed by atoms with van der Waals surface area (Å²) >= 11 is 0. The molecule has 5 heteroatoms. The number of alkyl halides is 1. The Balaban J connectivity index is 2.36. The van der Waals surface area contributed by atoms with Gasteiger partial charge in [0, 0.05) is 12.6 Å². The molecule has 0 bridgehead atoms. The van der Waals surface area contributed by atoms with Crippen LogP contribution in [0.25, 0.3) is 11.0 Å². The highest BCUT2D eigenvalue weighted by molar-refractivity contribution is 5.76. The Morgan fingerprint density at radius 1 is 1.29 bits per heavy atom. The van der Waals surface area contributed by atoms with Gasteiger partial charge in [0.1, 0.15) is 18.2 Å². The Morgan fingerprint density at radius 3 is 2.82 bits per heavy atom. The van der Waals surface area contributed by atoms with E-state index >= 15 is 0 Å². The molecule has 0 atom stereocenters. The molecule has 0 amide bonds. The van der Waals surface area contributed by atoms with Gasteiger partial charge < -0.3 is 9.67 Å². The second-order valence-electron chi connectivity index (χ2n) is 3.87. The molecule has 0 radical (unpaired) electrons. The molecule has 1 heterocycles. The Bertz CT molecular complexity index is 510. The van der Waals surface area contributed by atoms with Gasteiger partial charge >= 0.3 is 0 Å². The van der Waals surface area contributed by atoms with E-state index in [0.717, 1.165) is 5.52 Å². The summed E-state index contributed by atoms with van der Waals surface area (Å²) in [5, 5.41) is 9.19. The van der Waals surface area contributed by atoms with Crippen LogP contribution >= 0.6 is 0 Å². The third kappa shape index (κ3) is 2.44. The number of aliphatic hydroxyl groups is 1. The number of hydrogen-bond donors (Lipinski definition) is 1. The maximum absolute atomic E-state index is 13.0. The fourth-order valence-electron chi connectivity index (χ4n) is 1.89. The Morgan fingerprint density at radius 2 is 2.12 bits per heavy atom. The largest absolute Gasteiger partial charge is 0.388 e. The van der Waals surface area contributed by atoms with Gasteiger partial charge in [-0.15, -0.1) is 0 Å². The highest BCUT2D eigenvalue weighted by Crippen LogP contribution is 2.18. The predicted molar refractivity (Wildman–Crippen MR) is 60.8 cm³/mol. The van der Waals surface area contributed by atoms with Crippen molar-refractivity contribution in [1.82, 2.24) is 9.55 Å². The number of benzene rings is 1. The maximum atomic E-state index is 13.0. The second-order valence-corrected chi connectivity index (χ2v) is 3.87. The van der Waals surface area contributed by atoms with E-state index < -0.39 is 0 Å². The average Bonchev–Trinajstić information content (AvgIpc) is 2.67. The van der Waals surface area contributed by atoms with Crippen LogP contribution in [0.5, 0.6) is 0 Å². The van der Waals surface area contributed by atoms with Gasteiger partial charge in [0.2, 0.25) is 0 Å². The van der Waals surface area contributed by atoms with Crippen molar-refractivity contribution in [2.24, 2.45) is 0 Å². The molecule has 1 aromatic carbocycles. The van der Waals surface area contributed by atoms with Crippen molar-refractivity contribution in [2.45, 2.75) is 26.0 Å². The molecule has 0 unspecified atom stereocenters. The van der Waals surface area contributed by atoms with Crippen LogP contribution in [0.2, 0.25) is 0 Å². The van der Waals surface area contributed by atoms with Gasteiger partial charge in [-0.05, 0) is 25.0 Å². The lowest BCUT2D eigenvalue weighted by atomic mass is 10.3. The van der Waals surface area contributed by atoms with Crippen LogP contribution in [0.3, 0.4) is 0 Å². The van der Waals surface area contributed by atoms with Gasteiger partial charge in [-0.2, -0.15) is 0 Å². The van der Waals surface area contributed by atoms with Crippen LogP contribution in [0, 0.1) is 5.82 Å².